The highest BCUT2D eigenvalue weighted by Crippen LogP contribution is 2.13. The third-order valence-electron chi connectivity index (χ3n) is 3.23. The molecule has 0 radical (unpaired) electrons. The van der Waals surface area contributed by atoms with E-state index in [9.17, 15) is 4.79 Å². The van der Waals surface area contributed by atoms with Gasteiger partial charge in [-0.1, -0.05) is 12.1 Å². The van der Waals surface area contributed by atoms with Crippen molar-refractivity contribution >= 4 is 0 Å². The highest BCUT2D eigenvalue weighted by atomic mass is 16.5. The Labute approximate surface area is 119 Å². The molecule has 0 unspecified atom stereocenters. The van der Waals surface area contributed by atoms with Gasteiger partial charge in [0.1, 0.15) is 5.75 Å². The van der Waals surface area contributed by atoms with Crippen molar-refractivity contribution in [1.82, 2.24) is 9.47 Å². The smallest absolute Gasteiger partial charge is 0.250 e. The molecule has 20 heavy (non-hydrogen) atoms. The van der Waals surface area contributed by atoms with Crippen LogP contribution in [0.5, 0.6) is 5.75 Å². The average molecular weight is 272 g/mol. The summed E-state index contributed by atoms with van der Waals surface area (Å²) in [4.78, 5) is 13.8. The van der Waals surface area contributed by atoms with E-state index in [1.165, 1.54) is 5.56 Å². The zero-order valence-electron chi connectivity index (χ0n) is 12.2. The molecular weight excluding hydrogens is 252 g/mol. The molecule has 0 saturated carbocycles. The summed E-state index contributed by atoms with van der Waals surface area (Å²) in [6.07, 6.45) is 1.80. The summed E-state index contributed by atoms with van der Waals surface area (Å²) < 4.78 is 6.72. The zero-order chi connectivity index (χ0) is 14.5. The summed E-state index contributed by atoms with van der Waals surface area (Å²) in [5.41, 5.74) is 2.28. The van der Waals surface area contributed by atoms with Crippen molar-refractivity contribution < 1.29 is 4.74 Å². The lowest BCUT2D eigenvalue weighted by Gasteiger charge is -2.17. The number of hydrogen-bond acceptors (Lipinski definition) is 3. The van der Waals surface area contributed by atoms with Crippen molar-refractivity contribution in [2.24, 2.45) is 7.05 Å². The van der Waals surface area contributed by atoms with Crippen molar-refractivity contribution in [2.75, 3.05) is 14.2 Å². The van der Waals surface area contributed by atoms with Gasteiger partial charge in [-0.05, 0) is 36.4 Å². The van der Waals surface area contributed by atoms with Crippen LogP contribution in [-0.2, 0) is 20.1 Å². The number of ether oxygens (including phenoxy) is 1. The fraction of sp³-hybridized carbons (Fsp3) is 0.312. The number of aromatic nitrogens is 1. The van der Waals surface area contributed by atoms with Crippen molar-refractivity contribution in [3.05, 3.63) is 64.1 Å². The molecule has 1 heterocycles. The molecule has 0 atom stereocenters. The number of rotatable bonds is 5. The molecule has 0 N–H and O–H groups in total. The third-order valence-corrected chi connectivity index (χ3v) is 3.23. The number of pyridine rings is 1. The van der Waals surface area contributed by atoms with Gasteiger partial charge in [-0.3, -0.25) is 9.69 Å². The highest BCUT2D eigenvalue weighted by molar-refractivity contribution is 5.27. The van der Waals surface area contributed by atoms with Gasteiger partial charge in [0.25, 0.3) is 5.56 Å². The molecule has 106 valence electrons. The second-order valence-electron chi connectivity index (χ2n) is 5.00. The van der Waals surface area contributed by atoms with Crippen LogP contribution in [-0.4, -0.2) is 23.6 Å². The van der Waals surface area contributed by atoms with Crippen LogP contribution in [0.25, 0.3) is 0 Å². The maximum Gasteiger partial charge on any atom is 0.250 e. The summed E-state index contributed by atoms with van der Waals surface area (Å²) in [6, 6.07) is 11.7. The second-order valence-corrected chi connectivity index (χ2v) is 5.00. The van der Waals surface area contributed by atoms with E-state index in [-0.39, 0.29) is 5.56 Å². The van der Waals surface area contributed by atoms with E-state index in [4.69, 9.17) is 4.74 Å². The molecule has 0 amide bonds. The zero-order valence-corrected chi connectivity index (χ0v) is 12.2. The van der Waals surface area contributed by atoms with Crippen LogP contribution in [0.4, 0.5) is 0 Å². The van der Waals surface area contributed by atoms with Crippen molar-refractivity contribution in [3.63, 3.8) is 0 Å². The maximum atomic E-state index is 11.6. The van der Waals surface area contributed by atoms with E-state index in [0.717, 1.165) is 24.4 Å². The van der Waals surface area contributed by atoms with E-state index < -0.39 is 0 Å². The van der Waals surface area contributed by atoms with Crippen molar-refractivity contribution in [1.29, 1.82) is 0 Å². The van der Waals surface area contributed by atoms with Crippen LogP contribution in [0.15, 0.2) is 47.4 Å². The van der Waals surface area contributed by atoms with Crippen LogP contribution in [0.1, 0.15) is 11.1 Å². The molecule has 0 spiro atoms. The minimum atomic E-state index is 0.0281. The van der Waals surface area contributed by atoms with Crippen LogP contribution in [0.3, 0.4) is 0 Å². The van der Waals surface area contributed by atoms with Crippen LogP contribution in [0, 0.1) is 0 Å². The molecule has 4 heteroatoms. The Bertz CT molecular complexity index is 617. The fourth-order valence-electron chi connectivity index (χ4n) is 2.10. The molecule has 1 aromatic carbocycles. The second kappa shape index (κ2) is 6.39. The Hall–Kier alpha value is -2.07. The third kappa shape index (κ3) is 3.71. The normalized spacial score (nSPS) is 10.8. The van der Waals surface area contributed by atoms with Gasteiger partial charge in [-0.15, -0.1) is 0 Å². The summed E-state index contributed by atoms with van der Waals surface area (Å²) >= 11 is 0. The van der Waals surface area contributed by atoms with Gasteiger partial charge in [-0.25, -0.2) is 0 Å². The predicted molar refractivity (Wildman–Crippen MR) is 79.8 cm³/mol. The van der Waals surface area contributed by atoms with E-state index in [2.05, 4.69) is 17.0 Å². The number of nitrogens with zero attached hydrogens (tertiary/aromatic N) is 2. The molecule has 0 aliphatic carbocycles. The quantitative estimate of drug-likeness (QED) is 0.835. The van der Waals surface area contributed by atoms with E-state index >= 15 is 0 Å². The molecule has 0 fully saturated rings. The Balaban J connectivity index is 1.98. The molecule has 2 aromatic rings. The monoisotopic (exact) mass is 272 g/mol. The van der Waals surface area contributed by atoms with Gasteiger partial charge < -0.3 is 9.30 Å². The number of hydrogen-bond donors (Lipinski definition) is 0. The van der Waals surface area contributed by atoms with E-state index in [0.29, 0.717) is 0 Å². The van der Waals surface area contributed by atoms with E-state index in [1.54, 1.807) is 31.0 Å². The Morgan fingerprint density at radius 2 is 1.75 bits per heavy atom. The molecule has 4 nitrogen and oxygen atoms in total. The summed E-state index contributed by atoms with van der Waals surface area (Å²) in [7, 11) is 5.46. The Morgan fingerprint density at radius 1 is 1.10 bits per heavy atom. The van der Waals surface area contributed by atoms with Gasteiger partial charge >= 0.3 is 0 Å². The minimum absolute atomic E-state index is 0.0281. The largest absolute Gasteiger partial charge is 0.497 e. The Morgan fingerprint density at radius 3 is 2.35 bits per heavy atom. The van der Waals surface area contributed by atoms with Gasteiger partial charge in [-0.2, -0.15) is 0 Å². The van der Waals surface area contributed by atoms with Gasteiger partial charge in [0.15, 0.2) is 0 Å². The maximum absolute atomic E-state index is 11.6. The molecule has 0 saturated heterocycles. The first-order chi connectivity index (χ1) is 9.58. The van der Waals surface area contributed by atoms with Crippen LogP contribution in [0.2, 0.25) is 0 Å². The van der Waals surface area contributed by atoms with Crippen LogP contribution < -0.4 is 10.3 Å². The lowest BCUT2D eigenvalue weighted by Crippen LogP contribution is -2.20. The van der Waals surface area contributed by atoms with Gasteiger partial charge in [0, 0.05) is 32.4 Å². The average Bonchev–Trinajstić information content (AvgIpc) is 2.44. The fourth-order valence-corrected chi connectivity index (χ4v) is 2.10. The molecule has 0 aliphatic rings. The number of methoxy groups -OCH3 is 1. The first-order valence-electron chi connectivity index (χ1n) is 6.55. The molecular formula is C16H20N2O2. The predicted octanol–water partition coefficient (Wildman–Crippen LogP) is 2.03. The van der Waals surface area contributed by atoms with Crippen molar-refractivity contribution in [2.45, 2.75) is 13.1 Å². The summed E-state index contributed by atoms with van der Waals surface area (Å²) in [6.45, 7) is 1.58. The summed E-state index contributed by atoms with van der Waals surface area (Å²) in [5, 5.41) is 0. The Kier molecular flexibility index (Phi) is 4.58. The highest BCUT2D eigenvalue weighted by Gasteiger charge is 2.03. The first-order valence-corrected chi connectivity index (χ1v) is 6.55. The van der Waals surface area contributed by atoms with Gasteiger partial charge in [0.2, 0.25) is 0 Å². The first kappa shape index (κ1) is 14.3. The number of aryl methyl sites for hydroxylation is 1. The molecule has 1 aromatic heterocycles. The molecule has 2 rings (SSSR count). The van der Waals surface area contributed by atoms with Crippen LogP contribution >= 0.6 is 0 Å². The number of benzene rings is 1. The molecule has 0 bridgehead atoms. The standard InChI is InChI=1S/C16H20N2O2/c1-17(11-13-4-6-15(20-3)7-5-13)12-14-8-9-18(2)16(19)10-14/h4-10H,11-12H2,1-3H3. The SMILES string of the molecule is COc1ccc(CN(C)Cc2ccn(C)c(=O)c2)cc1. The molecule has 0 aliphatic heterocycles. The lowest BCUT2D eigenvalue weighted by molar-refractivity contribution is 0.318. The topological polar surface area (TPSA) is 34.5 Å². The van der Waals surface area contributed by atoms with E-state index in [1.807, 2.05) is 25.2 Å². The lowest BCUT2D eigenvalue weighted by atomic mass is 10.2. The minimum Gasteiger partial charge on any atom is -0.497 e. The van der Waals surface area contributed by atoms with Gasteiger partial charge in [0.05, 0.1) is 7.11 Å². The van der Waals surface area contributed by atoms with Crippen molar-refractivity contribution in [3.8, 4) is 5.75 Å². The summed E-state index contributed by atoms with van der Waals surface area (Å²) in [5.74, 6) is 0.864.